The van der Waals surface area contributed by atoms with Gasteiger partial charge in [0.05, 0.1) is 12.3 Å². The molecule has 1 aromatic carbocycles. The van der Waals surface area contributed by atoms with Crippen molar-refractivity contribution in [2.24, 2.45) is 0 Å². The zero-order valence-electron chi connectivity index (χ0n) is 14.7. The van der Waals surface area contributed by atoms with Gasteiger partial charge in [0, 0.05) is 0 Å². The highest BCUT2D eigenvalue weighted by molar-refractivity contribution is 5.98. The van der Waals surface area contributed by atoms with Crippen molar-refractivity contribution >= 4 is 11.6 Å². The molecular formula is C15H10F13NO2. The minimum atomic E-state index is -8.07. The number of benzene rings is 1. The van der Waals surface area contributed by atoms with Gasteiger partial charge in [0.1, 0.15) is 5.75 Å². The topological polar surface area (TPSA) is 38.3 Å². The van der Waals surface area contributed by atoms with E-state index in [2.05, 4.69) is 0 Å². The number of hydrogen-bond acceptors (Lipinski definition) is 2. The predicted molar refractivity (Wildman–Crippen MR) is 77.0 cm³/mol. The molecule has 0 atom stereocenters. The number of hydrogen-bond donors (Lipinski definition) is 1. The molecule has 0 unspecified atom stereocenters. The van der Waals surface area contributed by atoms with Crippen LogP contribution in [0.3, 0.4) is 0 Å². The van der Waals surface area contributed by atoms with Gasteiger partial charge in [-0.3, -0.25) is 4.79 Å². The van der Waals surface area contributed by atoms with E-state index in [1.54, 1.807) is 0 Å². The monoisotopic (exact) mass is 483 g/mol. The first-order chi connectivity index (χ1) is 13.7. The molecule has 0 heterocycles. The Labute approximate surface area is 164 Å². The Bertz CT molecular complexity index is 804. The number of anilines is 1. The van der Waals surface area contributed by atoms with Crippen LogP contribution in [0.2, 0.25) is 0 Å². The van der Waals surface area contributed by atoms with Crippen LogP contribution in [-0.4, -0.2) is 48.3 Å². The van der Waals surface area contributed by atoms with E-state index in [1.807, 2.05) is 0 Å². The van der Waals surface area contributed by atoms with Crippen LogP contribution in [0, 0.1) is 0 Å². The van der Waals surface area contributed by atoms with E-state index >= 15 is 0 Å². The number of para-hydroxylation sites is 2. The minimum Gasteiger partial charge on any atom is -0.492 e. The smallest absolute Gasteiger partial charge is 0.460 e. The van der Waals surface area contributed by atoms with Gasteiger partial charge in [-0.05, 0) is 19.1 Å². The van der Waals surface area contributed by atoms with Crippen LogP contribution in [0.5, 0.6) is 5.75 Å². The molecule has 0 aliphatic heterocycles. The van der Waals surface area contributed by atoms with Crippen LogP contribution in [0.15, 0.2) is 24.3 Å². The van der Waals surface area contributed by atoms with E-state index in [-0.39, 0.29) is 6.61 Å². The Morgan fingerprint density at radius 3 is 1.68 bits per heavy atom. The summed E-state index contributed by atoms with van der Waals surface area (Å²) in [6, 6.07) is 3.88. The molecule has 0 saturated carbocycles. The van der Waals surface area contributed by atoms with Crippen molar-refractivity contribution in [2.45, 2.75) is 42.7 Å². The molecule has 178 valence electrons. The maximum absolute atomic E-state index is 13.8. The quantitative estimate of drug-likeness (QED) is 0.478. The highest BCUT2D eigenvalue weighted by atomic mass is 19.4. The molecular weight excluding hydrogens is 473 g/mol. The van der Waals surface area contributed by atoms with E-state index in [0.29, 0.717) is 0 Å². The zero-order valence-corrected chi connectivity index (χ0v) is 14.7. The number of amides is 1. The summed E-state index contributed by atoms with van der Waals surface area (Å²) < 4.78 is 174. The number of carbonyl (C=O) groups is 1. The third kappa shape index (κ3) is 4.07. The fourth-order valence-electron chi connectivity index (χ4n) is 1.96. The summed E-state index contributed by atoms with van der Waals surface area (Å²) in [6.07, 6.45) is -7.52. The van der Waals surface area contributed by atoms with Gasteiger partial charge < -0.3 is 10.1 Å². The fraction of sp³-hybridized carbons (Fsp3) is 0.533. The van der Waals surface area contributed by atoms with Crippen molar-refractivity contribution in [3.63, 3.8) is 0 Å². The Morgan fingerprint density at radius 1 is 0.774 bits per heavy atom. The Hall–Kier alpha value is -2.42. The number of nitrogens with one attached hydrogen (secondary N) is 1. The normalized spacial score (nSPS) is 14.4. The minimum absolute atomic E-state index is 0.184. The second-order valence-electron chi connectivity index (χ2n) is 5.75. The second kappa shape index (κ2) is 7.93. The summed E-state index contributed by atoms with van der Waals surface area (Å²) in [6.45, 7) is 1.15. The van der Waals surface area contributed by atoms with Crippen molar-refractivity contribution in [3.8, 4) is 5.75 Å². The lowest BCUT2D eigenvalue weighted by Gasteiger charge is -2.39. The summed E-state index contributed by atoms with van der Waals surface area (Å²) in [5.74, 6) is -42.5. The van der Waals surface area contributed by atoms with E-state index < -0.39 is 53.1 Å². The molecule has 1 aromatic rings. The first-order valence-corrected chi connectivity index (χ1v) is 7.69. The lowest BCUT2D eigenvalue weighted by atomic mass is 9.93. The van der Waals surface area contributed by atoms with Crippen molar-refractivity contribution in [1.82, 2.24) is 0 Å². The van der Waals surface area contributed by atoms with Crippen molar-refractivity contribution in [1.29, 1.82) is 0 Å². The van der Waals surface area contributed by atoms with Crippen molar-refractivity contribution in [3.05, 3.63) is 24.3 Å². The number of rotatable bonds is 8. The van der Waals surface area contributed by atoms with E-state index in [1.165, 1.54) is 13.0 Å². The molecule has 1 rings (SSSR count). The third-order valence-electron chi connectivity index (χ3n) is 3.65. The molecule has 0 aromatic heterocycles. The summed E-state index contributed by atoms with van der Waals surface area (Å²) in [5.41, 5.74) is -0.847. The molecule has 0 fully saturated rings. The second-order valence-corrected chi connectivity index (χ2v) is 5.75. The van der Waals surface area contributed by atoms with Crippen LogP contribution in [0.25, 0.3) is 0 Å². The van der Waals surface area contributed by atoms with Gasteiger partial charge in [-0.1, -0.05) is 12.1 Å². The Kier molecular flexibility index (Phi) is 6.81. The van der Waals surface area contributed by atoms with Crippen LogP contribution >= 0.6 is 0 Å². The third-order valence-corrected chi connectivity index (χ3v) is 3.65. The standard InChI is InChI=1S/C15H10F13NO2/c1-2-31-8-6-4-3-5-7(8)29-9(30)10(16,17)11(18,19)12(20,21)13(22,23)14(24,25)15(26,27)28/h3-6H,2H2,1H3,(H,29,30). The first-order valence-electron chi connectivity index (χ1n) is 7.69. The van der Waals surface area contributed by atoms with Gasteiger partial charge in [-0.2, -0.15) is 57.1 Å². The fourth-order valence-corrected chi connectivity index (χ4v) is 1.96. The molecule has 3 nitrogen and oxygen atoms in total. The summed E-state index contributed by atoms with van der Waals surface area (Å²) in [5, 5.41) is 0.952. The van der Waals surface area contributed by atoms with Crippen molar-refractivity contribution < 1.29 is 66.6 Å². The van der Waals surface area contributed by atoms with Gasteiger partial charge >= 0.3 is 41.7 Å². The number of carbonyl (C=O) groups excluding carboxylic acids is 1. The molecule has 1 N–H and O–H groups in total. The van der Waals surface area contributed by atoms with Gasteiger partial charge in [-0.15, -0.1) is 0 Å². The SMILES string of the molecule is CCOc1ccccc1NC(=O)C(F)(F)C(F)(F)C(F)(F)C(F)(F)C(F)(F)C(F)(F)F. The number of ether oxygens (including phenoxy) is 1. The van der Waals surface area contributed by atoms with Crippen LogP contribution in [-0.2, 0) is 4.79 Å². The zero-order chi connectivity index (χ0) is 24.7. The van der Waals surface area contributed by atoms with E-state index in [0.717, 1.165) is 23.5 Å². The number of halogens is 13. The van der Waals surface area contributed by atoms with Gasteiger partial charge in [0.2, 0.25) is 0 Å². The predicted octanol–water partition coefficient (Wildman–Crippen LogP) is 5.76. The maximum atomic E-state index is 13.8. The molecule has 0 radical (unpaired) electrons. The van der Waals surface area contributed by atoms with Gasteiger partial charge in [0.15, 0.2) is 0 Å². The molecule has 0 spiro atoms. The number of alkyl halides is 13. The molecule has 1 amide bonds. The van der Waals surface area contributed by atoms with Crippen LogP contribution in [0.1, 0.15) is 6.92 Å². The largest absolute Gasteiger partial charge is 0.492 e. The highest BCUT2D eigenvalue weighted by Crippen LogP contribution is 2.60. The van der Waals surface area contributed by atoms with Gasteiger partial charge in [0.25, 0.3) is 0 Å². The van der Waals surface area contributed by atoms with Crippen LogP contribution in [0.4, 0.5) is 62.8 Å². The Morgan fingerprint density at radius 2 is 1.23 bits per heavy atom. The lowest BCUT2D eigenvalue weighted by Crippen LogP contribution is -2.71. The maximum Gasteiger partial charge on any atom is 0.460 e. The van der Waals surface area contributed by atoms with E-state index in [4.69, 9.17) is 4.74 Å². The van der Waals surface area contributed by atoms with Crippen LogP contribution < -0.4 is 10.1 Å². The summed E-state index contributed by atoms with van der Waals surface area (Å²) >= 11 is 0. The highest BCUT2D eigenvalue weighted by Gasteiger charge is 2.91. The average Bonchev–Trinajstić information content (AvgIpc) is 2.61. The molecule has 0 aliphatic rings. The van der Waals surface area contributed by atoms with Crippen molar-refractivity contribution in [2.75, 3.05) is 11.9 Å². The molecule has 0 saturated heterocycles. The first kappa shape index (κ1) is 26.6. The molecule has 16 heteroatoms. The Balaban J connectivity index is 3.41. The molecule has 0 aliphatic carbocycles. The summed E-state index contributed by atoms with van der Waals surface area (Å²) in [4.78, 5) is 11.5. The average molecular weight is 483 g/mol. The van der Waals surface area contributed by atoms with Gasteiger partial charge in [-0.25, -0.2) is 0 Å². The molecule has 0 bridgehead atoms. The lowest BCUT2D eigenvalue weighted by molar-refractivity contribution is -0.435. The van der Waals surface area contributed by atoms with E-state index in [9.17, 15) is 61.9 Å². The molecule has 31 heavy (non-hydrogen) atoms. The summed E-state index contributed by atoms with van der Waals surface area (Å²) in [7, 11) is 0.